The second-order valence-electron chi connectivity index (χ2n) is 9.89. The first-order valence-corrected chi connectivity index (χ1v) is 13.7. The van der Waals surface area contributed by atoms with Crippen molar-refractivity contribution in [1.29, 1.82) is 0 Å². The van der Waals surface area contributed by atoms with Gasteiger partial charge in [0.1, 0.15) is 10.7 Å². The van der Waals surface area contributed by atoms with Gasteiger partial charge in [0.25, 0.3) is 0 Å². The number of thiol groups is 1. The summed E-state index contributed by atoms with van der Waals surface area (Å²) in [5.41, 5.74) is 4.92. The maximum absolute atomic E-state index is 12.4. The number of hydrogen-bond donors (Lipinski definition) is 2. The topological polar surface area (TPSA) is 78.4 Å². The molecule has 6 rings (SSSR count). The molecule has 0 radical (unpaired) electrons. The van der Waals surface area contributed by atoms with Gasteiger partial charge in [0.15, 0.2) is 0 Å². The van der Waals surface area contributed by atoms with Crippen LogP contribution in [0.5, 0.6) is 0 Å². The lowest BCUT2D eigenvalue weighted by atomic mass is 9.91. The van der Waals surface area contributed by atoms with Crippen LogP contribution in [-0.4, -0.2) is 50.7 Å². The number of aryl methyl sites for hydroxylation is 1. The van der Waals surface area contributed by atoms with E-state index in [2.05, 4.69) is 49.7 Å². The molecule has 1 aromatic carbocycles. The van der Waals surface area contributed by atoms with Crippen LogP contribution >= 0.6 is 24.0 Å². The van der Waals surface area contributed by atoms with E-state index < -0.39 is 0 Å². The van der Waals surface area contributed by atoms with E-state index in [1.165, 1.54) is 27.8 Å². The van der Waals surface area contributed by atoms with Gasteiger partial charge in [-0.3, -0.25) is 24.7 Å². The average Bonchev–Trinajstić information content (AvgIpc) is 3.43. The fraction of sp³-hybridized carbons (Fsp3) is 0.462. The number of imide groups is 1. The van der Waals surface area contributed by atoms with Gasteiger partial charge in [-0.25, -0.2) is 9.97 Å². The molecule has 3 aliphatic rings. The molecule has 35 heavy (non-hydrogen) atoms. The minimum atomic E-state index is -0.301. The molecule has 0 bridgehead atoms. The maximum Gasteiger partial charge on any atom is 0.243 e. The van der Waals surface area contributed by atoms with E-state index in [0.717, 1.165) is 43.1 Å². The highest BCUT2D eigenvalue weighted by atomic mass is 32.1. The van der Waals surface area contributed by atoms with E-state index in [0.29, 0.717) is 25.3 Å². The predicted molar refractivity (Wildman–Crippen MR) is 139 cm³/mol. The molecule has 2 unspecified atom stereocenters. The first-order chi connectivity index (χ1) is 17.0. The van der Waals surface area contributed by atoms with Crippen molar-refractivity contribution in [3.05, 3.63) is 57.9 Å². The van der Waals surface area contributed by atoms with Crippen molar-refractivity contribution in [3.8, 4) is 0 Å². The predicted octanol–water partition coefficient (Wildman–Crippen LogP) is 3.93. The molecule has 2 amide bonds. The van der Waals surface area contributed by atoms with Gasteiger partial charge in [0.05, 0.1) is 17.1 Å². The summed E-state index contributed by atoms with van der Waals surface area (Å²) in [6.45, 7) is 5.70. The zero-order valence-corrected chi connectivity index (χ0v) is 21.4. The molecule has 0 saturated carbocycles. The second-order valence-corrected chi connectivity index (χ2v) is 11.3. The Morgan fingerprint density at radius 3 is 2.77 bits per heavy atom. The zero-order chi connectivity index (χ0) is 24.1. The number of likely N-dealkylation sites (tertiary alicyclic amines) is 1. The van der Waals surface area contributed by atoms with E-state index in [9.17, 15) is 9.59 Å². The van der Waals surface area contributed by atoms with Crippen LogP contribution in [0.25, 0.3) is 10.2 Å². The Labute approximate surface area is 214 Å². The summed E-state index contributed by atoms with van der Waals surface area (Å²) in [4.78, 5) is 39.1. The third kappa shape index (κ3) is 4.39. The molecule has 2 atom stereocenters. The Kier molecular flexibility index (Phi) is 6.12. The largest absolute Gasteiger partial charge is 0.299 e. The summed E-state index contributed by atoms with van der Waals surface area (Å²) in [6.07, 6.45) is 3.15. The lowest BCUT2D eigenvalue weighted by Crippen LogP contribution is -2.51. The van der Waals surface area contributed by atoms with Crippen LogP contribution in [-0.2, 0) is 22.7 Å². The molecule has 2 saturated heterocycles. The van der Waals surface area contributed by atoms with Crippen LogP contribution in [0.15, 0.2) is 29.6 Å². The quantitative estimate of drug-likeness (QED) is 0.412. The SMILES string of the molecule is Cc1nc(C2CCN(Cc3ccc4c(c3)CN(C3CCC(=O)NC3=O)C4S)CC2)c2ccsc2n1. The van der Waals surface area contributed by atoms with Crippen molar-refractivity contribution >= 4 is 46.0 Å². The molecular weight excluding hydrogens is 478 g/mol. The zero-order valence-electron chi connectivity index (χ0n) is 19.7. The molecule has 0 aliphatic carbocycles. The standard InChI is InChI=1S/C26H29N5O2S2/c1-15-27-23(20-8-11-35-25(20)28-15)17-6-9-30(10-7-17)13-16-2-3-19-18(12-16)14-31(26(19)34)21-4-5-22(32)29-24(21)33/h2-3,8,11-12,17,21,26,34H,4-7,9-10,13-14H2,1H3,(H,29,32,33). The number of hydrogen-bond acceptors (Lipinski definition) is 8. The number of aromatic nitrogens is 2. The number of benzene rings is 1. The first kappa shape index (κ1) is 23.1. The van der Waals surface area contributed by atoms with Crippen LogP contribution in [0.1, 0.15) is 65.2 Å². The fourth-order valence-electron chi connectivity index (χ4n) is 5.81. The third-order valence-electron chi connectivity index (χ3n) is 7.61. The molecule has 7 nitrogen and oxygen atoms in total. The molecule has 182 valence electrons. The van der Waals surface area contributed by atoms with Gasteiger partial charge < -0.3 is 0 Å². The number of nitrogens with one attached hydrogen (secondary N) is 1. The number of piperidine rings is 2. The highest BCUT2D eigenvalue weighted by molar-refractivity contribution is 7.80. The lowest BCUT2D eigenvalue weighted by molar-refractivity contribution is -0.137. The molecule has 0 spiro atoms. The van der Waals surface area contributed by atoms with Crippen LogP contribution in [0.2, 0.25) is 0 Å². The van der Waals surface area contributed by atoms with Gasteiger partial charge in [0.2, 0.25) is 11.8 Å². The van der Waals surface area contributed by atoms with Crippen molar-refractivity contribution in [1.82, 2.24) is 25.1 Å². The maximum atomic E-state index is 12.4. The molecular formula is C26H29N5O2S2. The number of carbonyl (C=O) groups excluding carboxylic acids is 2. The molecule has 2 fully saturated rings. The molecule has 3 aromatic rings. The summed E-state index contributed by atoms with van der Waals surface area (Å²) >= 11 is 6.51. The van der Waals surface area contributed by atoms with Gasteiger partial charge in [-0.05, 0) is 67.4 Å². The second kappa shape index (κ2) is 9.28. The Hall–Kier alpha value is -2.33. The minimum Gasteiger partial charge on any atom is -0.299 e. The number of rotatable bonds is 4. The summed E-state index contributed by atoms with van der Waals surface area (Å²) in [5, 5.41) is 5.69. The molecule has 9 heteroatoms. The highest BCUT2D eigenvalue weighted by Crippen LogP contribution is 2.40. The summed E-state index contributed by atoms with van der Waals surface area (Å²) in [5.74, 6) is 0.968. The lowest BCUT2D eigenvalue weighted by Gasteiger charge is -2.32. The highest BCUT2D eigenvalue weighted by Gasteiger charge is 2.39. The Morgan fingerprint density at radius 1 is 1.14 bits per heavy atom. The minimum absolute atomic E-state index is 0.121. The summed E-state index contributed by atoms with van der Waals surface area (Å²) in [7, 11) is 0. The van der Waals surface area contributed by atoms with Crippen LogP contribution in [0.3, 0.4) is 0 Å². The Morgan fingerprint density at radius 2 is 1.97 bits per heavy atom. The monoisotopic (exact) mass is 507 g/mol. The van der Waals surface area contributed by atoms with Crippen molar-refractivity contribution in [2.45, 2.75) is 63.0 Å². The Balaban J connectivity index is 1.11. The van der Waals surface area contributed by atoms with E-state index >= 15 is 0 Å². The van der Waals surface area contributed by atoms with Crippen LogP contribution in [0.4, 0.5) is 0 Å². The van der Waals surface area contributed by atoms with Gasteiger partial charge in [-0.15, -0.1) is 11.3 Å². The molecule has 5 heterocycles. The van der Waals surface area contributed by atoms with Gasteiger partial charge in [-0.2, -0.15) is 12.6 Å². The van der Waals surface area contributed by atoms with Crippen molar-refractivity contribution in [2.75, 3.05) is 13.1 Å². The number of amides is 2. The van der Waals surface area contributed by atoms with Crippen molar-refractivity contribution < 1.29 is 9.59 Å². The number of nitrogens with zero attached hydrogens (tertiary/aromatic N) is 4. The summed E-state index contributed by atoms with van der Waals surface area (Å²) in [6, 6.07) is 8.51. The van der Waals surface area contributed by atoms with Crippen LogP contribution in [0, 0.1) is 6.92 Å². The fourth-order valence-corrected chi connectivity index (χ4v) is 7.12. The average molecular weight is 508 g/mol. The number of fused-ring (bicyclic) bond motifs is 2. The smallest absolute Gasteiger partial charge is 0.243 e. The molecule has 1 N–H and O–H groups in total. The normalized spacial score (nSPS) is 24.2. The van der Waals surface area contributed by atoms with Gasteiger partial charge in [0, 0.05) is 30.8 Å². The van der Waals surface area contributed by atoms with E-state index in [1.54, 1.807) is 11.3 Å². The molecule has 2 aromatic heterocycles. The van der Waals surface area contributed by atoms with E-state index in [-0.39, 0.29) is 23.2 Å². The van der Waals surface area contributed by atoms with Crippen molar-refractivity contribution in [3.63, 3.8) is 0 Å². The summed E-state index contributed by atoms with van der Waals surface area (Å²) < 4.78 is 0. The number of thiophene rings is 1. The van der Waals surface area contributed by atoms with Gasteiger partial charge in [-0.1, -0.05) is 18.2 Å². The number of carbonyl (C=O) groups is 2. The first-order valence-electron chi connectivity index (χ1n) is 12.3. The third-order valence-corrected chi connectivity index (χ3v) is 8.99. The molecule has 3 aliphatic heterocycles. The van der Waals surface area contributed by atoms with E-state index in [1.807, 2.05) is 6.92 Å². The Bertz CT molecular complexity index is 1300. The van der Waals surface area contributed by atoms with Crippen LogP contribution < -0.4 is 5.32 Å². The van der Waals surface area contributed by atoms with E-state index in [4.69, 9.17) is 17.6 Å². The van der Waals surface area contributed by atoms with Gasteiger partial charge >= 0.3 is 0 Å². The van der Waals surface area contributed by atoms with Crippen molar-refractivity contribution in [2.24, 2.45) is 0 Å².